The molecular weight excluding hydrogens is 260 g/mol. The number of aryl methyl sites for hydroxylation is 2. The number of carbonyl (C=O) groups is 1. The lowest BCUT2D eigenvalue weighted by Crippen LogP contribution is -2.16. The number of aromatic nitrogens is 2. The molecule has 0 spiro atoms. The van der Waals surface area contributed by atoms with Crippen LogP contribution < -0.4 is 9.47 Å². The van der Waals surface area contributed by atoms with Crippen molar-refractivity contribution >= 4 is 5.97 Å². The van der Waals surface area contributed by atoms with Crippen LogP contribution >= 0.6 is 0 Å². The molecule has 0 bridgehead atoms. The predicted octanol–water partition coefficient (Wildman–Crippen LogP) is 1.86. The lowest BCUT2D eigenvalue weighted by atomic mass is 10.1. The zero-order valence-corrected chi connectivity index (χ0v) is 11.2. The summed E-state index contributed by atoms with van der Waals surface area (Å²) in [5.74, 6) is 0.395. The molecular formula is C14H14N2O4. The van der Waals surface area contributed by atoms with E-state index >= 15 is 0 Å². The molecule has 2 heterocycles. The number of fused-ring (bicyclic) bond motifs is 1. The molecule has 1 aliphatic heterocycles. The Morgan fingerprint density at radius 1 is 1.30 bits per heavy atom. The molecule has 1 aromatic heterocycles. The lowest BCUT2D eigenvalue weighted by molar-refractivity contribution is 0.0689. The van der Waals surface area contributed by atoms with E-state index < -0.39 is 5.97 Å². The monoisotopic (exact) mass is 274 g/mol. The van der Waals surface area contributed by atoms with Gasteiger partial charge in [0.05, 0.1) is 5.69 Å². The predicted molar refractivity (Wildman–Crippen MR) is 71.3 cm³/mol. The molecule has 6 nitrogen and oxygen atoms in total. The van der Waals surface area contributed by atoms with Gasteiger partial charge >= 0.3 is 5.97 Å². The smallest absolute Gasteiger partial charge is 0.356 e. The van der Waals surface area contributed by atoms with Gasteiger partial charge in [-0.1, -0.05) is 0 Å². The van der Waals surface area contributed by atoms with Crippen LogP contribution in [-0.2, 0) is 7.05 Å². The van der Waals surface area contributed by atoms with Crippen molar-refractivity contribution in [3.63, 3.8) is 0 Å². The maximum atomic E-state index is 11.0. The third-order valence-corrected chi connectivity index (χ3v) is 3.22. The number of aromatic carboxylic acids is 1. The molecule has 0 saturated heterocycles. The van der Waals surface area contributed by atoms with Gasteiger partial charge in [0.1, 0.15) is 13.2 Å². The fourth-order valence-corrected chi connectivity index (χ4v) is 2.32. The van der Waals surface area contributed by atoms with Crippen LogP contribution in [0.4, 0.5) is 0 Å². The van der Waals surface area contributed by atoms with Crippen LogP contribution in [0.15, 0.2) is 18.2 Å². The number of benzene rings is 1. The summed E-state index contributed by atoms with van der Waals surface area (Å²) in [6.45, 7) is 3.00. The molecule has 104 valence electrons. The maximum absolute atomic E-state index is 11.0. The molecule has 1 aromatic carbocycles. The highest BCUT2D eigenvalue weighted by Gasteiger charge is 2.18. The summed E-state index contributed by atoms with van der Waals surface area (Å²) in [4.78, 5) is 11.0. The standard InChI is InChI=1S/C14H14N2O4/c1-8-5-9(6-12-13(8)20-4-3-19-12)11-7-10(14(17)18)15-16(11)2/h5-7H,3-4H2,1-2H3,(H,17,18). The van der Waals surface area contributed by atoms with Crippen LogP contribution in [0, 0.1) is 6.92 Å². The molecule has 0 aliphatic carbocycles. The zero-order chi connectivity index (χ0) is 14.3. The minimum Gasteiger partial charge on any atom is -0.486 e. The first kappa shape index (κ1) is 12.5. The van der Waals surface area contributed by atoms with E-state index in [4.69, 9.17) is 14.6 Å². The summed E-state index contributed by atoms with van der Waals surface area (Å²) in [5.41, 5.74) is 2.56. The van der Waals surface area contributed by atoms with Crippen LogP contribution in [0.3, 0.4) is 0 Å². The Kier molecular flexibility index (Phi) is 2.85. The first-order valence-electron chi connectivity index (χ1n) is 6.24. The second-order valence-electron chi connectivity index (χ2n) is 4.66. The van der Waals surface area contributed by atoms with Crippen LogP contribution in [0.2, 0.25) is 0 Å². The van der Waals surface area contributed by atoms with E-state index in [-0.39, 0.29) is 5.69 Å². The van der Waals surface area contributed by atoms with Crippen LogP contribution in [-0.4, -0.2) is 34.1 Å². The van der Waals surface area contributed by atoms with Crippen molar-refractivity contribution in [2.24, 2.45) is 7.05 Å². The molecule has 0 amide bonds. The second kappa shape index (κ2) is 4.56. The van der Waals surface area contributed by atoms with Crippen LogP contribution in [0.25, 0.3) is 11.3 Å². The maximum Gasteiger partial charge on any atom is 0.356 e. The van der Waals surface area contributed by atoms with Crippen molar-refractivity contribution in [3.05, 3.63) is 29.5 Å². The number of ether oxygens (including phenoxy) is 2. The number of carboxylic acids is 1. The third-order valence-electron chi connectivity index (χ3n) is 3.22. The van der Waals surface area contributed by atoms with Crippen LogP contribution in [0.5, 0.6) is 11.5 Å². The van der Waals surface area contributed by atoms with Gasteiger partial charge < -0.3 is 14.6 Å². The number of carboxylic acid groups (broad SMARTS) is 1. The van der Waals surface area contributed by atoms with Gasteiger partial charge in [0, 0.05) is 12.6 Å². The molecule has 2 aromatic rings. The highest BCUT2D eigenvalue weighted by atomic mass is 16.6. The van der Waals surface area contributed by atoms with Gasteiger partial charge in [0.25, 0.3) is 0 Å². The zero-order valence-electron chi connectivity index (χ0n) is 11.2. The van der Waals surface area contributed by atoms with Crippen LogP contribution in [0.1, 0.15) is 16.1 Å². The van der Waals surface area contributed by atoms with E-state index in [0.29, 0.717) is 19.0 Å². The molecule has 0 radical (unpaired) electrons. The normalized spacial score (nSPS) is 13.3. The Morgan fingerprint density at radius 2 is 2.05 bits per heavy atom. The van der Waals surface area contributed by atoms with E-state index in [1.54, 1.807) is 17.8 Å². The Hall–Kier alpha value is -2.50. The van der Waals surface area contributed by atoms with Crippen molar-refractivity contribution in [2.45, 2.75) is 6.92 Å². The Morgan fingerprint density at radius 3 is 2.75 bits per heavy atom. The van der Waals surface area contributed by atoms with Gasteiger partial charge in [-0.2, -0.15) is 5.10 Å². The second-order valence-corrected chi connectivity index (χ2v) is 4.66. The number of hydrogen-bond acceptors (Lipinski definition) is 4. The number of rotatable bonds is 2. The van der Waals surface area contributed by atoms with Gasteiger partial charge in [-0.25, -0.2) is 4.79 Å². The summed E-state index contributed by atoms with van der Waals surface area (Å²) >= 11 is 0. The average molecular weight is 274 g/mol. The van der Waals surface area contributed by atoms with Crippen molar-refractivity contribution < 1.29 is 19.4 Å². The minimum atomic E-state index is -1.04. The largest absolute Gasteiger partial charge is 0.486 e. The SMILES string of the molecule is Cc1cc(-c2cc(C(=O)O)nn2C)cc2c1OCCO2. The van der Waals surface area contributed by atoms with Crippen molar-refractivity contribution in [3.8, 4) is 22.8 Å². The van der Waals surface area contributed by atoms with Gasteiger partial charge in [-0.15, -0.1) is 0 Å². The van der Waals surface area contributed by atoms with E-state index in [0.717, 1.165) is 22.6 Å². The van der Waals surface area contributed by atoms with Gasteiger partial charge in [0.15, 0.2) is 17.2 Å². The van der Waals surface area contributed by atoms with Crippen molar-refractivity contribution in [2.75, 3.05) is 13.2 Å². The highest BCUT2D eigenvalue weighted by molar-refractivity contribution is 5.87. The molecule has 0 saturated carbocycles. The quantitative estimate of drug-likeness (QED) is 0.904. The topological polar surface area (TPSA) is 73.6 Å². The molecule has 6 heteroatoms. The van der Waals surface area contributed by atoms with Gasteiger partial charge in [-0.3, -0.25) is 4.68 Å². The minimum absolute atomic E-state index is 0.0232. The van der Waals surface area contributed by atoms with Gasteiger partial charge in [0.2, 0.25) is 0 Å². The number of hydrogen-bond donors (Lipinski definition) is 1. The van der Waals surface area contributed by atoms with Crippen molar-refractivity contribution in [1.82, 2.24) is 9.78 Å². The summed E-state index contributed by atoms with van der Waals surface area (Å²) in [7, 11) is 1.72. The summed E-state index contributed by atoms with van der Waals surface area (Å²) in [6.07, 6.45) is 0. The number of nitrogens with zero attached hydrogens (tertiary/aromatic N) is 2. The van der Waals surface area contributed by atoms with E-state index in [1.165, 1.54) is 0 Å². The Bertz CT molecular complexity index is 691. The fourth-order valence-electron chi connectivity index (χ4n) is 2.32. The van der Waals surface area contributed by atoms with E-state index in [9.17, 15) is 4.79 Å². The molecule has 1 N–H and O–H groups in total. The molecule has 1 aliphatic rings. The summed E-state index contributed by atoms with van der Waals surface area (Å²) in [6, 6.07) is 5.34. The first-order chi connectivity index (χ1) is 9.56. The summed E-state index contributed by atoms with van der Waals surface area (Å²) < 4.78 is 12.7. The third kappa shape index (κ3) is 1.99. The lowest BCUT2D eigenvalue weighted by Gasteiger charge is -2.21. The molecule has 3 rings (SSSR count). The fraction of sp³-hybridized carbons (Fsp3) is 0.286. The summed E-state index contributed by atoms with van der Waals surface area (Å²) in [5, 5.41) is 13.0. The van der Waals surface area contributed by atoms with E-state index in [2.05, 4.69) is 5.10 Å². The highest BCUT2D eigenvalue weighted by Crippen LogP contribution is 2.37. The van der Waals surface area contributed by atoms with Crippen molar-refractivity contribution in [1.29, 1.82) is 0 Å². The molecule has 0 unspecified atom stereocenters. The Labute approximate surface area is 115 Å². The molecule has 20 heavy (non-hydrogen) atoms. The van der Waals surface area contributed by atoms with E-state index in [1.807, 2.05) is 19.1 Å². The molecule has 0 fully saturated rings. The first-order valence-corrected chi connectivity index (χ1v) is 6.24. The molecule has 0 atom stereocenters. The Balaban J connectivity index is 2.10. The average Bonchev–Trinajstić information content (AvgIpc) is 2.81. The van der Waals surface area contributed by atoms with Gasteiger partial charge in [-0.05, 0) is 30.7 Å².